The van der Waals surface area contributed by atoms with Crippen molar-refractivity contribution in [1.29, 1.82) is 0 Å². The lowest BCUT2D eigenvalue weighted by atomic mass is 9.91. The zero-order valence-electron chi connectivity index (χ0n) is 21.2. The summed E-state index contributed by atoms with van der Waals surface area (Å²) in [4.78, 5) is 41.0. The zero-order chi connectivity index (χ0) is 26.1. The van der Waals surface area contributed by atoms with Crippen LogP contribution in [0.1, 0.15) is 69.9 Å². The Morgan fingerprint density at radius 3 is 2.47 bits per heavy atom. The lowest BCUT2D eigenvalue weighted by molar-refractivity contribution is -0.141. The molecule has 0 saturated carbocycles. The largest absolute Gasteiger partial charge is 0.391 e. The van der Waals surface area contributed by atoms with E-state index in [1.54, 1.807) is 11.8 Å². The maximum absolute atomic E-state index is 13.5. The number of carbonyl (C=O) groups excluding carboxylic acids is 2. The van der Waals surface area contributed by atoms with E-state index in [-0.39, 0.29) is 42.5 Å². The average molecular weight is 515 g/mol. The first-order valence-electron chi connectivity index (χ1n) is 12.3. The van der Waals surface area contributed by atoms with Crippen LogP contribution in [0.15, 0.2) is 45.3 Å². The lowest BCUT2D eigenvalue weighted by Crippen LogP contribution is -2.48. The van der Waals surface area contributed by atoms with E-state index in [1.165, 1.54) is 15.9 Å². The molecular formula is C26H34N4O5S. The van der Waals surface area contributed by atoms with E-state index in [9.17, 15) is 19.5 Å². The predicted molar refractivity (Wildman–Crippen MR) is 139 cm³/mol. The number of aromatic amines is 1. The van der Waals surface area contributed by atoms with Gasteiger partial charge in [-0.05, 0) is 37.8 Å². The van der Waals surface area contributed by atoms with Gasteiger partial charge in [0, 0.05) is 29.6 Å². The number of carbonyl (C=O) groups is 2. The van der Waals surface area contributed by atoms with E-state index in [1.807, 2.05) is 32.9 Å². The maximum atomic E-state index is 13.5. The molecule has 10 heteroatoms. The highest BCUT2D eigenvalue weighted by molar-refractivity contribution is 8.09. The SMILES string of the molecule is CC1=C(c2ccc(C(C)NC(=O)C3CC(O)CN3C(=O)C(c3cc(=O)[nH]o3)C(C)C)cc2)SC(C)N1. The molecule has 0 spiro atoms. The van der Waals surface area contributed by atoms with Crippen molar-refractivity contribution in [3.05, 3.63) is 63.3 Å². The molecule has 5 atom stereocenters. The van der Waals surface area contributed by atoms with E-state index in [0.717, 1.165) is 16.8 Å². The van der Waals surface area contributed by atoms with E-state index in [4.69, 9.17) is 4.52 Å². The third kappa shape index (κ3) is 5.39. The monoisotopic (exact) mass is 514 g/mol. The van der Waals surface area contributed by atoms with Crippen molar-refractivity contribution >= 4 is 28.5 Å². The van der Waals surface area contributed by atoms with Crippen molar-refractivity contribution in [3.8, 4) is 0 Å². The van der Waals surface area contributed by atoms with Crippen LogP contribution in [-0.2, 0) is 9.59 Å². The molecule has 4 N–H and O–H groups in total. The van der Waals surface area contributed by atoms with Gasteiger partial charge in [-0.3, -0.25) is 14.4 Å². The summed E-state index contributed by atoms with van der Waals surface area (Å²) < 4.78 is 5.22. The van der Waals surface area contributed by atoms with Gasteiger partial charge in [0.1, 0.15) is 12.0 Å². The molecule has 1 fully saturated rings. The Morgan fingerprint density at radius 2 is 1.92 bits per heavy atom. The highest BCUT2D eigenvalue weighted by Gasteiger charge is 2.43. The number of nitrogens with one attached hydrogen (secondary N) is 3. The van der Waals surface area contributed by atoms with E-state index in [2.05, 4.69) is 41.8 Å². The predicted octanol–water partition coefficient (Wildman–Crippen LogP) is 2.92. The normalized spacial score (nSPS) is 23.6. The quantitative estimate of drug-likeness (QED) is 0.447. The van der Waals surface area contributed by atoms with Crippen LogP contribution in [0.4, 0.5) is 0 Å². The maximum Gasteiger partial charge on any atom is 0.280 e. The summed E-state index contributed by atoms with van der Waals surface area (Å²) in [6.07, 6.45) is -0.650. The number of hydrogen-bond donors (Lipinski definition) is 4. The number of likely N-dealkylation sites (tertiary alicyclic amines) is 1. The van der Waals surface area contributed by atoms with Crippen molar-refractivity contribution in [2.24, 2.45) is 5.92 Å². The summed E-state index contributed by atoms with van der Waals surface area (Å²) in [6.45, 7) is 9.84. The molecule has 3 heterocycles. The molecular weight excluding hydrogens is 480 g/mol. The van der Waals surface area contributed by atoms with Crippen molar-refractivity contribution < 1.29 is 19.2 Å². The van der Waals surface area contributed by atoms with Gasteiger partial charge < -0.3 is 25.2 Å². The Kier molecular flexibility index (Phi) is 7.65. The first-order valence-corrected chi connectivity index (χ1v) is 13.1. The fourth-order valence-electron chi connectivity index (χ4n) is 4.94. The number of aliphatic hydroxyl groups excluding tert-OH is 1. The second-order valence-corrected chi connectivity index (χ2v) is 11.3. The fraction of sp³-hybridized carbons (Fsp3) is 0.500. The molecule has 1 aromatic heterocycles. The summed E-state index contributed by atoms with van der Waals surface area (Å²) in [7, 11) is 0. The highest BCUT2D eigenvalue weighted by atomic mass is 32.2. The van der Waals surface area contributed by atoms with Crippen molar-refractivity contribution in [1.82, 2.24) is 20.7 Å². The summed E-state index contributed by atoms with van der Waals surface area (Å²) >= 11 is 1.79. The molecule has 0 bridgehead atoms. The Morgan fingerprint density at radius 1 is 1.22 bits per heavy atom. The number of allylic oxidation sites excluding steroid dienone is 1. The van der Waals surface area contributed by atoms with Crippen LogP contribution in [-0.4, -0.2) is 51.0 Å². The van der Waals surface area contributed by atoms with Crippen molar-refractivity contribution in [2.75, 3.05) is 6.54 Å². The Hall–Kier alpha value is -2.98. The van der Waals surface area contributed by atoms with Crippen LogP contribution >= 0.6 is 11.8 Å². The lowest BCUT2D eigenvalue weighted by Gasteiger charge is -2.29. The fourth-order valence-corrected chi connectivity index (χ4v) is 6.03. The van der Waals surface area contributed by atoms with E-state index >= 15 is 0 Å². The summed E-state index contributed by atoms with van der Waals surface area (Å²) in [5, 5.41) is 19.3. The smallest absolute Gasteiger partial charge is 0.280 e. The number of amides is 2. The van der Waals surface area contributed by atoms with E-state index < -0.39 is 23.6 Å². The Labute approximate surface area is 214 Å². The minimum atomic E-state index is -0.809. The minimum absolute atomic E-state index is 0.0520. The van der Waals surface area contributed by atoms with Crippen molar-refractivity contribution in [3.63, 3.8) is 0 Å². The van der Waals surface area contributed by atoms with Gasteiger partial charge in [0.05, 0.1) is 17.5 Å². The third-order valence-electron chi connectivity index (χ3n) is 6.73. The number of aromatic nitrogens is 1. The molecule has 194 valence electrons. The molecule has 0 radical (unpaired) electrons. The second kappa shape index (κ2) is 10.6. The molecule has 36 heavy (non-hydrogen) atoms. The van der Waals surface area contributed by atoms with Crippen LogP contribution in [0.5, 0.6) is 0 Å². The second-order valence-electron chi connectivity index (χ2n) is 9.94. The molecule has 2 aliphatic rings. The number of H-pyrrole nitrogens is 1. The number of β-amino-alcohol motifs (C(OH)–C–C–N with tert-alkyl or cyclic N) is 1. The summed E-state index contributed by atoms with van der Waals surface area (Å²) in [5.41, 5.74) is 2.80. The van der Waals surface area contributed by atoms with Crippen LogP contribution in [0.2, 0.25) is 0 Å². The van der Waals surface area contributed by atoms with Crippen LogP contribution in [0.25, 0.3) is 4.91 Å². The number of rotatable bonds is 7. The van der Waals surface area contributed by atoms with Gasteiger partial charge in [-0.15, -0.1) is 0 Å². The standard InChI is InChI=1S/C26H34N4O5S/c1-13(2)23(21-11-22(32)29-35-21)26(34)30-12-19(31)10-20(30)25(33)28-14(3)17-6-8-18(9-7-17)24-15(4)27-16(5)36-24/h6-9,11,13-14,16,19-20,23,27,31H,10,12H2,1-5H3,(H,28,33)(H,29,32). The summed E-state index contributed by atoms with van der Waals surface area (Å²) in [5.74, 6) is -1.35. The first kappa shape index (κ1) is 26.1. The third-order valence-corrected chi connectivity index (χ3v) is 7.98. The molecule has 0 aliphatic carbocycles. The molecule has 2 amide bonds. The molecule has 1 aromatic carbocycles. The van der Waals surface area contributed by atoms with Gasteiger partial charge in [-0.25, -0.2) is 0 Å². The Bertz CT molecular complexity index is 1200. The number of thioether (sulfide) groups is 1. The van der Waals surface area contributed by atoms with Crippen LogP contribution < -0.4 is 16.2 Å². The summed E-state index contributed by atoms with van der Waals surface area (Å²) in [6, 6.07) is 8.27. The average Bonchev–Trinajstić information content (AvgIpc) is 3.51. The highest BCUT2D eigenvalue weighted by Crippen LogP contribution is 2.38. The van der Waals surface area contributed by atoms with Gasteiger partial charge in [0.15, 0.2) is 5.76 Å². The van der Waals surface area contributed by atoms with E-state index in [0.29, 0.717) is 5.37 Å². The van der Waals surface area contributed by atoms with Crippen LogP contribution in [0.3, 0.4) is 0 Å². The van der Waals surface area contributed by atoms with Crippen molar-refractivity contribution in [2.45, 2.75) is 70.5 Å². The molecule has 2 aromatic rings. The molecule has 1 saturated heterocycles. The first-order chi connectivity index (χ1) is 17.0. The molecule has 5 unspecified atom stereocenters. The number of nitrogens with zero attached hydrogens (tertiary/aromatic N) is 1. The molecule has 2 aliphatic heterocycles. The Balaban J connectivity index is 1.46. The van der Waals surface area contributed by atoms with Gasteiger partial charge in [0.2, 0.25) is 11.8 Å². The van der Waals surface area contributed by atoms with Gasteiger partial charge in [0.25, 0.3) is 5.56 Å². The molecule has 4 rings (SSSR count). The van der Waals surface area contributed by atoms with Gasteiger partial charge in [-0.2, -0.15) is 5.16 Å². The minimum Gasteiger partial charge on any atom is -0.391 e. The number of hydrogen-bond acceptors (Lipinski definition) is 7. The molecule has 9 nitrogen and oxygen atoms in total. The topological polar surface area (TPSA) is 128 Å². The number of aliphatic hydroxyl groups is 1. The van der Waals surface area contributed by atoms with Crippen LogP contribution in [0, 0.1) is 5.92 Å². The van der Waals surface area contributed by atoms with Gasteiger partial charge >= 0.3 is 0 Å². The van der Waals surface area contributed by atoms with Gasteiger partial charge in [-0.1, -0.05) is 49.9 Å². The zero-order valence-corrected chi connectivity index (χ0v) is 22.0. The number of benzene rings is 1.